The first-order chi connectivity index (χ1) is 13.6. The van der Waals surface area contributed by atoms with Crippen molar-refractivity contribution in [2.24, 2.45) is 0 Å². The van der Waals surface area contributed by atoms with Gasteiger partial charge >= 0.3 is 5.97 Å². The van der Waals surface area contributed by atoms with Crippen molar-refractivity contribution in [3.63, 3.8) is 0 Å². The van der Waals surface area contributed by atoms with Crippen molar-refractivity contribution < 1.29 is 18.7 Å². The number of amides is 1. The van der Waals surface area contributed by atoms with Gasteiger partial charge in [0.15, 0.2) is 5.13 Å². The number of esters is 1. The number of hydrogen-bond acceptors (Lipinski definition) is 8. The lowest BCUT2D eigenvalue weighted by molar-refractivity contribution is -0.142. The van der Waals surface area contributed by atoms with Crippen LogP contribution in [0.2, 0.25) is 0 Å². The first-order valence-electron chi connectivity index (χ1n) is 8.61. The molecule has 1 amide bonds. The highest BCUT2D eigenvalue weighted by atomic mass is 32.2. The van der Waals surface area contributed by atoms with Crippen LogP contribution in [0.25, 0.3) is 11.5 Å². The SMILES string of the molecule is CCOC(=O)Cc1csc(NC(=O)CSCc2coc(-c3ccccc3)n2)n1. The largest absolute Gasteiger partial charge is 0.466 e. The summed E-state index contributed by atoms with van der Waals surface area (Å²) in [5.74, 6) is 0.908. The van der Waals surface area contributed by atoms with Gasteiger partial charge in [0.05, 0.1) is 30.2 Å². The number of thioether (sulfide) groups is 1. The van der Waals surface area contributed by atoms with Crippen LogP contribution in [-0.4, -0.2) is 34.2 Å². The second kappa shape index (κ2) is 10.0. The smallest absolute Gasteiger partial charge is 0.311 e. The number of anilines is 1. The maximum atomic E-state index is 12.1. The summed E-state index contributed by atoms with van der Waals surface area (Å²) in [7, 11) is 0. The van der Waals surface area contributed by atoms with Gasteiger partial charge in [-0.1, -0.05) is 18.2 Å². The van der Waals surface area contributed by atoms with Crippen molar-refractivity contribution in [1.29, 1.82) is 0 Å². The van der Waals surface area contributed by atoms with E-state index in [-0.39, 0.29) is 24.1 Å². The number of carbonyl (C=O) groups is 2. The van der Waals surface area contributed by atoms with E-state index >= 15 is 0 Å². The summed E-state index contributed by atoms with van der Waals surface area (Å²) in [6.07, 6.45) is 1.71. The Hall–Kier alpha value is -2.65. The predicted octanol–water partition coefficient (Wildman–Crippen LogP) is 3.78. The quantitative estimate of drug-likeness (QED) is 0.530. The Morgan fingerprint density at radius 2 is 2.04 bits per heavy atom. The third-order valence-corrected chi connectivity index (χ3v) is 5.26. The summed E-state index contributed by atoms with van der Waals surface area (Å²) in [6.45, 7) is 2.09. The van der Waals surface area contributed by atoms with E-state index in [1.807, 2.05) is 30.3 Å². The summed E-state index contributed by atoms with van der Waals surface area (Å²) in [4.78, 5) is 32.2. The molecule has 2 heterocycles. The van der Waals surface area contributed by atoms with Gasteiger partial charge in [-0.15, -0.1) is 23.1 Å². The Kier molecular flexibility index (Phi) is 7.21. The number of aromatic nitrogens is 2. The van der Waals surface area contributed by atoms with Gasteiger partial charge in [-0.3, -0.25) is 9.59 Å². The molecule has 28 heavy (non-hydrogen) atoms. The van der Waals surface area contributed by atoms with Crippen molar-refractivity contribution in [1.82, 2.24) is 9.97 Å². The number of nitrogens with one attached hydrogen (secondary N) is 1. The summed E-state index contributed by atoms with van der Waals surface area (Å²) < 4.78 is 10.4. The molecule has 3 aromatic rings. The van der Waals surface area contributed by atoms with E-state index in [0.717, 1.165) is 11.3 Å². The molecule has 0 saturated carbocycles. The molecule has 0 radical (unpaired) electrons. The fourth-order valence-corrected chi connectivity index (χ4v) is 3.72. The fourth-order valence-electron chi connectivity index (χ4n) is 2.30. The zero-order chi connectivity index (χ0) is 19.8. The minimum absolute atomic E-state index is 0.102. The lowest BCUT2D eigenvalue weighted by atomic mass is 10.2. The summed E-state index contributed by atoms with van der Waals surface area (Å²) in [5.41, 5.74) is 2.28. The molecule has 2 aromatic heterocycles. The average molecular weight is 418 g/mol. The van der Waals surface area contributed by atoms with Gasteiger partial charge in [-0.2, -0.15) is 0 Å². The van der Waals surface area contributed by atoms with Gasteiger partial charge in [-0.25, -0.2) is 9.97 Å². The van der Waals surface area contributed by atoms with Crippen molar-refractivity contribution in [2.45, 2.75) is 19.1 Å². The molecular weight excluding hydrogens is 398 g/mol. The van der Waals surface area contributed by atoms with E-state index in [9.17, 15) is 9.59 Å². The molecule has 9 heteroatoms. The Morgan fingerprint density at radius 1 is 1.21 bits per heavy atom. The molecule has 146 valence electrons. The molecule has 0 fully saturated rings. The molecule has 0 aliphatic rings. The Labute approximate surface area is 170 Å². The van der Waals surface area contributed by atoms with Crippen LogP contribution in [0.3, 0.4) is 0 Å². The molecule has 0 bridgehead atoms. The standard InChI is InChI=1S/C19H19N3O4S2/c1-2-25-17(24)8-14-11-28-19(21-14)22-16(23)12-27-10-15-9-26-18(20-15)13-6-4-3-5-7-13/h3-7,9,11H,2,8,10,12H2,1H3,(H,21,22,23). The molecule has 3 rings (SSSR count). The van der Waals surface area contributed by atoms with Crippen LogP contribution in [0, 0.1) is 0 Å². The lowest BCUT2D eigenvalue weighted by Crippen LogP contribution is -2.14. The van der Waals surface area contributed by atoms with Crippen molar-refractivity contribution in [2.75, 3.05) is 17.7 Å². The zero-order valence-corrected chi connectivity index (χ0v) is 16.8. The number of hydrogen-bond donors (Lipinski definition) is 1. The van der Waals surface area contributed by atoms with E-state index in [0.29, 0.717) is 29.1 Å². The average Bonchev–Trinajstić information content (AvgIpc) is 3.32. The van der Waals surface area contributed by atoms with Gasteiger partial charge in [-0.05, 0) is 19.1 Å². The van der Waals surface area contributed by atoms with E-state index in [4.69, 9.17) is 9.15 Å². The van der Waals surface area contributed by atoms with Crippen molar-refractivity contribution in [3.05, 3.63) is 53.4 Å². The molecule has 1 aromatic carbocycles. The molecule has 0 aliphatic heterocycles. The van der Waals surface area contributed by atoms with Gasteiger partial charge in [0.25, 0.3) is 0 Å². The number of benzene rings is 1. The molecule has 0 unspecified atom stereocenters. The number of carbonyl (C=O) groups excluding carboxylic acids is 2. The van der Waals surface area contributed by atoms with Gasteiger partial charge in [0.1, 0.15) is 6.26 Å². The Morgan fingerprint density at radius 3 is 2.82 bits per heavy atom. The van der Waals surface area contributed by atoms with Crippen LogP contribution < -0.4 is 5.32 Å². The second-order valence-electron chi connectivity index (χ2n) is 5.68. The van der Waals surface area contributed by atoms with Crippen LogP contribution in [0.1, 0.15) is 18.3 Å². The Bertz CT molecular complexity index is 924. The summed E-state index contributed by atoms with van der Waals surface area (Å²) in [5, 5.41) is 4.94. The highest BCUT2D eigenvalue weighted by molar-refractivity contribution is 7.99. The first-order valence-corrected chi connectivity index (χ1v) is 10.6. The highest BCUT2D eigenvalue weighted by Crippen LogP contribution is 2.21. The number of ether oxygens (including phenoxy) is 1. The van der Waals surface area contributed by atoms with E-state index in [1.165, 1.54) is 23.1 Å². The topological polar surface area (TPSA) is 94.3 Å². The minimum atomic E-state index is -0.330. The molecular formula is C19H19N3O4S2. The molecule has 0 aliphatic carbocycles. The number of nitrogens with zero attached hydrogens (tertiary/aromatic N) is 2. The third kappa shape index (κ3) is 5.93. The van der Waals surface area contributed by atoms with Crippen molar-refractivity contribution in [3.8, 4) is 11.5 Å². The molecule has 0 atom stereocenters. The van der Waals surface area contributed by atoms with Crippen LogP contribution in [0.15, 0.2) is 46.4 Å². The fraction of sp³-hybridized carbons (Fsp3) is 0.263. The maximum absolute atomic E-state index is 12.1. The summed E-state index contributed by atoms with van der Waals surface area (Å²) in [6, 6.07) is 9.65. The first kappa shape index (κ1) is 20.1. The molecule has 1 N–H and O–H groups in total. The van der Waals surface area contributed by atoms with Gasteiger partial charge < -0.3 is 14.5 Å². The molecule has 0 saturated heterocycles. The normalized spacial score (nSPS) is 10.6. The van der Waals surface area contributed by atoms with Crippen LogP contribution >= 0.6 is 23.1 Å². The van der Waals surface area contributed by atoms with Crippen LogP contribution in [0.4, 0.5) is 5.13 Å². The number of thiazole rings is 1. The van der Waals surface area contributed by atoms with Crippen LogP contribution in [0.5, 0.6) is 0 Å². The van der Waals surface area contributed by atoms with E-state index in [2.05, 4.69) is 15.3 Å². The monoisotopic (exact) mass is 417 g/mol. The van der Waals surface area contributed by atoms with Gasteiger partial charge in [0, 0.05) is 16.7 Å². The highest BCUT2D eigenvalue weighted by Gasteiger charge is 2.11. The van der Waals surface area contributed by atoms with Gasteiger partial charge in [0.2, 0.25) is 11.8 Å². The predicted molar refractivity (Wildman–Crippen MR) is 109 cm³/mol. The van der Waals surface area contributed by atoms with Crippen molar-refractivity contribution >= 4 is 40.1 Å². The maximum Gasteiger partial charge on any atom is 0.311 e. The third-order valence-electron chi connectivity index (χ3n) is 3.48. The second-order valence-corrected chi connectivity index (χ2v) is 7.52. The number of rotatable bonds is 9. The lowest BCUT2D eigenvalue weighted by Gasteiger charge is -2.01. The molecule has 0 spiro atoms. The Balaban J connectivity index is 1.42. The van der Waals surface area contributed by atoms with E-state index in [1.54, 1.807) is 18.6 Å². The zero-order valence-electron chi connectivity index (χ0n) is 15.2. The molecule has 7 nitrogen and oxygen atoms in total. The summed E-state index contributed by atoms with van der Waals surface area (Å²) >= 11 is 2.72. The minimum Gasteiger partial charge on any atom is -0.466 e. The number of oxazole rings is 1. The van der Waals surface area contributed by atoms with Crippen LogP contribution in [-0.2, 0) is 26.5 Å². The van der Waals surface area contributed by atoms with E-state index < -0.39 is 0 Å².